The van der Waals surface area contributed by atoms with E-state index in [-0.39, 0.29) is 0 Å². The molecule has 5 aliphatic rings. The van der Waals surface area contributed by atoms with Crippen LogP contribution in [0.4, 0.5) is 0 Å². The quantitative estimate of drug-likeness (QED) is 0.188. The Morgan fingerprint density at radius 3 is 2.26 bits per heavy atom. The van der Waals surface area contributed by atoms with Crippen molar-refractivity contribution in [1.82, 2.24) is 0 Å². The molecule has 1 aromatic heterocycles. The van der Waals surface area contributed by atoms with Crippen LogP contribution in [0.25, 0.3) is 49.2 Å². The van der Waals surface area contributed by atoms with Crippen molar-refractivity contribution in [2.24, 2.45) is 5.92 Å². The molecule has 226 valence electrons. The lowest BCUT2D eigenvalue weighted by molar-refractivity contribution is 0.655. The van der Waals surface area contributed by atoms with E-state index in [0.29, 0.717) is 11.8 Å². The molecule has 1 heterocycles. The number of fused-ring (bicyclic) bond motifs is 10. The lowest BCUT2D eigenvalue weighted by atomic mass is 9.67. The van der Waals surface area contributed by atoms with Gasteiger partial charge in [0, 0.05) is 26.5 Å². The smallest absolute Gasteiger partial charge is 0.0433 e. The van der Waals surface area contributed by atoms with Crippen molar-refractivity contribution in [2.45, 2.75) is 44.4 Å². The average Bonchev–Trinajstić information content (AvgIpc) is 3.55. The van der Waals surface area contributed by atoms with Crippen molar-refractivity contribution in [3.8, 4) is 0 Å². The van der Waals surface area contributed by atoms with Gasteiger partial charge in [-0.25, -0.2) is 0 Å². The van der Waals surface area contributed by atoms with Crippen LogP contribution in [0, 0.1) is 5.92 Å². The first-order valence-corrected chi connectivity index (χ1v) is 18.2. The Hall–Kier alpha value is -4.72. The molecule has 0 aliphatic heterocycles. The Morgan fingerprint density at radius 2 is 1.38 bits per heavy atom. The van der Waals surface area contributed by atoms with Gasteiger partial charge in [-0.05, 0) is 110 Å². The molecular formula is C46H36S. The van der Waals surface area contributed by atoms with Crippen molar-refractivity contribution in [3.63, 3.8) is 0 Å². The highest BCUT2D eigenvalue weighted by Crippen LogP contribution is 2.49. The van der Waals surface area contributed by atoms with Crippen molar-refractivity contribution < 1.29 is 0 Å². The molecule has 4 aromatic carbocycles. The molecule has 47 heavy (non-hydrogen) atoms. The molecule has 2 unspecified atom stereocenters. The molecule has 1 heteroatoms. The second-order valence-corrected chi connectivity index (χ2v) is 14.7. The van der Waals surface area contributed by atoms with Crippen LogP contribution in [0.3, 0.4) is 0 Å². The minimum atomic E-state index is 0.438. The summed E-state index contributed by atoms with van der Waals surface area (Å²) in [4.78, 5) is 0. The first-order valence-electron chi connectivity index (χ1n) is 17.3. The van der Waals surface area contributed by atoms with Crippen LogP contribution in [0.5, 0.6) is 0 Å². The second-order valence-electron chi connectivity index (χ2n) is 13.7. The molecule has 5 aromatic rings. The van der Waals surface area contributed by atoms with Crippen LogP contribution in [-0.2, 0) is 0 Å². The highest BCUT2D eigenvalue weighted by Gasteiger charge is 2.33. The number of benzene rings is 4. The molecule has 0 saturated heterocycles. The molecular weight excluding hydrogens is 585 g/mol. The highest BCUT2D eigenvalue weighted by molar-refractivity contribution is 7.18. The lowest BCUT2D eigenvalue weighted by Crippen LogP contribution is -2.25. The topological polar surface area (TPSA) is 0 Å². The van der Waals surface area contributed by atoms with Crippen LogP contribution in [-0.4, -0.2) is 0 Å². The van der Waals surface area contributed by atoms with Gasteiger partial charge in [-0.3, -0.25) is 0 Å². The predicted molar refractivity (Wildman–Crippen MR) is 203 cm³/mol. The third-order valence-corrected chi connectivity index (χ3v) is 12.5. The van der Waals surface area contributed by atoms with Crippen LogP contribution in [0.1, 0.15) is 72.3 Å². The summed E-state index contributed by atoms with van der Waals surface area (Å²) in [6.45, 7) is 0. The fraction of sp³-hybridized carbons (Fsp3) is 0.174. The van der Waals surface area contributed by atoms with Crippen LogP contribution < -0.4 is 9.75 Å². The summed E-state index contributed by atoms with van der Waals surface area (Å²) >= 11 is 1.98. The van der Waals surface area contributed by atoms with E-state index in [1.807, 2.05) is 11.3 Å². The Labute approximate surface area is 280 Å². The zero-order valence-electron chi connectivity index (χ0n) is 26.5. The number of hydrogen-bond acceptors (Lipinski definition) is 1. The zero-order valence-corrected chi connectivity index (χ0v) is 27.3. The number of allylic oxidation sites excluding steroid dienone is 12. The summed E-state index contributed by atoms with van der Waals surface area (Å²) in [5.74, 6) is 0.910. The SMILES string of the molecule is C1=CC2C3=C(CCC=C3)c3ccc(C4=CC=C(c5ccc(C6=c7sc8c(ccc9ccccc98)c7=CCC6)cc5)CC4)cc3C2C=C1. The minimum absolute atomic E-state index is 0.438. The Kier molecular flexibility index (Phi) is 6.37. The maximum atomic E-state index is 2.52. The average molecular weight is 621 g/mol. The van der Waals surface area contributed by atoms with Crippen molar-refractivity contribution in [2.75, 3.05) is 0 Å². The highest BCUT2D eigenvalue weighted by atomic mass is 32.1. The van der Waals surface area contributed by atoms with E-state index in [1.165, 1.54) is 80.7 Å². The van der Waals surface area contributed by atoms with E-state index in [4.69, 9.17) is 0 Å². The van der Waals surface area contributed by atoms with Crippen molar-refractivity contribution in [3.05, 3.63) is 171 Å². The largest absolute Gasteiger partial charge is 0.134 e. The van der Waals surface area contributed by atoms with Gasteiger partial charge < -0.3 is 0 Å². The summed E-state index contributed by atoms with van der Waals surface area (Å²) in [6, 6.07) is 30.2. The van der Waals surface area contributed by atoms with Gasteiger partial charge in [0.2, 0.25) is 0 Å². The van der Waals surface area contributed by atoms with Gasteiger partial charge in [0.25, 0.3) is 0 Å². The van der Waals surface area contributed by atoms with E-state index in [9.17, 15) is 0 Å². The van der Waals surface area contributed by atoms with Crippen molar-refractivity contribution >= 4 is 60.6 Å². The van der Waals surface area contributed by atoms with E-state index in [2.05, 4.69) is 134 Å². The molecule has 0 radical (unpaired) electrons. The molecule has 0 bridgehead atoms. The third-order valence-electron chi connectivity index (χ3n) is 11.2. The molecule has 5 aliphatic carbocycles. The maximum Gasteiger partial charge on any atom is 0.0433 e. The fourth-order valence-corrected chi connectivity index (χ4v) is 10.3. The molecule has 10 rings (SSSR count). The van der Waals surface area contributed by atoms with E-state index >= 15 is 0 Å². The minimum Gasteiger partial charge on any atom is -0.134 e. The lowest BCUT2D eigenvalue weighted by Gasteiger charge is -2.36. The van der Waals surface area contributed by atoms with Gasteiger partial charge in [-0.2, -0.15) is 0 Å². The van der Waals surface area contributed by atoms with Gasteiger partial charge >= 0.3 is 0 Å². The molecule has 0 spiro atoms. The van der Waals surface area contributed by atoms with Gasteiger partial charge in [-0.1, -0.05) is 134 Å². The normalized spacial score (nSPS) is 21.1. The Balaban J connectivity index is 0.967. The van der Waals surface area contributed by atoms with Gasteiger partial charge in [-0.15, -0.1) is 11.3 Å². The maximum absolute atomic E-state index is 2.52. The summed E-state index contributed by atoms with van der Waals surface area (Å²) in [7, 11) is 0. The Morgan fingerprint density at radius 1 is 0.617 bits per heavy atom. The monoisotopic (exact) mass is 620 g/mol. The van der Waals surface area contributed by atoms with Gasteiger partial charge in [0.1, 0.15) is 0 Å². The zero-order chi connectivity index (χ0) is 30.9. The van der Waals surface area contributed by atoms with Gasteiger partial charge in [0.15, 0.2) is 0 Å². The van der Waals surface area contributed by atoms with E-state index in [1.54, 1.807) is 5.57 Å². The summed E-state index contributed by atoms with van der Waals surface area (Å²) in [5.41, 5.74) is 14.6. The molecule has 0 nitrogen and oxygen atoms in total. The summed E-state index contributed by atoms with van der Waals surface area (Å²) in [6.07, 6.45) is 28.0. The molecule has 2 atom stereocenters. The predicted octanol–water partition coefficient (Wildman–Crippen LogP) is 11.0. The number of hydrogen-bond donors (Lipinski definition) is 0. The number of thiophene rings is 1. The van der Waals surface area contributed by atoms with Crippen molar-refractivity contribution in [1.29, 1.82) is 0 Å². The van der Waals surface area contributed by atoms with Crippen LogP contribution in [0.2, 0.25) is 0 Å². The van der Waals surface area contributed by atoms with Crippen LogP contribution >= 0.6 is 11.3 Å². The van der Waals surface area contributed by atoms with E-state index < -0.39 is 0 Å². The van der Waals surface area contributed by atoms with Crippen LogP contribution in [0.15, 0.2) is 133 Å². The molecule has 0 N–H and O–H groups in total. The molecule has 0 fully saturated rings. The standard InChI is InChI=1S/C46H36S/c1-2-9-35-32(8-1)24-27-43-42-15-7-14-36(45(42)47-46(35)43)33-22-20-30(21-23-33)29-16-18-31(19-17-29)34-25-26-41-39-12-4-3-10-37(39)38-11-5-6-13-40(38)44(41)28-34/h1-3,5-6,8-11,13,15-16,18,20-28,38,40H,4,7,12,14,17,19H2. The first-order chi connectivity index (χ1) is 23.3. The third kappa shape index (κ3) is 4.40. The summed E-state index contributed by atoms with van der Waals surface area (Å²) in [5, 5.41) is 5.55. The Bertz CT molecular complexity index is 2450. The first kappa shape index (κ1) is 27.4. The molecule has 0 saturated carbocycles. The van der Waals surface area contributed by atoms with E-state index in [0.717, 1.165) is 38.5 Å². The second kappa shape index (κ2) is 10.9. The molecule has 0 amide bonds. The number of rotatable bonds is 3. The fourth-order valence-electron chi connectivity index (χ4n) is 8.82. The summed E-state index contributed by atoms with van der Waals surface area (Å²) < 4.78 is 2.89. The van der Waals surface area contributed by atoms with Gasteiger partial charge in [0.05, 0.1) is 0 Å².